The van der Waals surface area contributed by atoms with Gasteiger partial charge < -0.3 is 9.80 Å². The minimum Gasteiger partial charge on any atom is -0.335 e. The van der Waals surface area contributed by atoms with Crippen LogP contribution < -0.4 is 4.90 Å². The van der Waals surface area contributed by atoms with Crippen molar-refractivity contribution in [3.05, 3.63) is 51.7 Å². The van der Waals surface area contributed by atoms with Crippen LogP contribution in [0.4, 0.5) is 5.69 Å². The maximum absolute atomic E-state index is 12.8. The maximum Gasteiger partial charge on any atom is 0.264 e. The van der Waals surface area contributed by atoms with E-state index < -0.39 is 0 Å². The second kappa shape index (κ2) is 7.82. The zero-order valence-electron chi connectivity index (χ0n) is 15.7. The van der Waals surface area contributed by atoms with E-state index in [0.29, 0.717) is 19.6 Å². The molecular weight excluding hydrogens is 358 g/mol. The third-order valence-corrected chi connectivity index (χ3v) is 6.47. The summed E-state index contributed by atoms with van der Waals surface area (Å²) in [5.74, 6) is 0.299. The lowest BCUT2D eigenvalue weighted by Gasteiger charge is -2.35. The number of hydrogen-bond donors (Lipinski definition) is 0. The topological polar surface area (TPSA) is 43.9 Å². The van der Waals surface area contributed by atoms with Crippen LogP contribution in [0.25, 0.3) is 0 Å². The molecule has 4 rings (SSSR count). The van der Waals surface area contributed by atoms with Crippen LogP contribution in [-0.2, 0) is 17.6 Å². The van der Waals surface area contributed by atoms with Gasteiger partial charge in [-0.2, -0.15) is 0 Å². The normalized spacial score (nSPS) is 17.2. The van der Waals surface area contributed by atoms with Gasteiger partial charge in [0.05, 0.1) is 11.4 Å². The van der Waals surface area contributed by atoms with Crippen LogP contribution in [-0.4, -0.2) is 60.9 Å². The van der Waals surface area contributed by atoms with E-state index in [2.05, 4.69) is 17.9 Å². The Balaban J connectivity index is 1.32. The Morgan fingerprint density at radius 1 is 1.04 bits per heavy atom. The van der Waals surface area contributed by atoms with Gasteiger partial charge in [-0.1, -0.05) is 25.1 Å². The molecule has 0 N–H and O–H groups in total. The number of carbonyl (C=O) groups is 2. The van der Waals surface area contributed by atoms with Crippen molar-refractivity contribution in [1.29, 1.82) is 0 Å². The van der Waals surface area contributed by atoms with Gasteiger partial charge >= 0.3 is 0 Å². The molecule has 1 saturated heterocycles. The lowest BCUT2D eigenvalue weighted by molar-refractivity contribution is -0.120. The Morgan fingerprint density at radius 2 is 1.81 bits per heavy atom. The van der Waals surface area contributed by atoms with Crippen LogP contribution in [0, 0.1) is 0 Å². The predicted molar refractivity (Wildman–Crippen MR) is 109 cm³/mol. The highest BCUT2D eigenvalue weighted by atomic mass is 32.1. The Labute approximate surface area is 164 Å². The monoisotopic (exact) mass is 383 g/mol. The highest BCUT2D eigenvalue weighted by Gasteiger charge is 2.28. The molecule has 0 unspecified atom stereocenters. The number of nitrogens with zero attached hydrogens (tertiary/aromatic N) is 3. The number of fused-ring (bicyclic) bond motifs is 1. The largest absolute Gasteiger partial charge is 0.335 e. The van der Waals surface area contributed by atoms with Crippen molar-refractivity contribution in [3.63, 3.8) is 0 Å². The average molecular weight is 384 g/mol. The molecule has 1 aromatic carbocycles. The van der Waals surface area contributed by atoms with E-state index in [1.807, 2.05) is 39.4 Å². The SMILES string of the molecule is CCc1ccsc1C(=O)N1CCN(CC(=O)N2CCc3ccccc32)CC1. The Kier molecular flexibility index (Phi) is 5.27. The molecule has 0 spiro atoms. The van der Waals surface area contributed by atoms with E-state index in [0.717, 1.165) is 48.6 Å². The molecule has 2 amide bonds. The zero-order valence-corrected chi connectivity index (χ0v) is 16.5. The molecule has 1 fully saturated rings. The molecule has 0 aliphatic carbocycles. The van der Waals surface area contributed by atoms with Crippen molar-refractivity contribution in [2.45, 2.75) is 19.8 Å². The standard InChI is InChI=1S/C21H25N3O2S/c1-2-16-8-14-27-20(16)21(26)23-12-10-22(11-13-23)15-19(25)24-9-7-17-5-3-4-6-18(17)24/h3-6,8,14H,2,7,9-13,15H2,1H3. The molecule has 0 atom stereocenters. The number of piperazine rings is 1. The first-order chi connectivity index (χ1) is 13.2. The molecule has 3 heterocycles. The number of carbonyl (C=O) groups excluding carboxylic acids is 2. The second-order valence-electron chi connectivity index (χ2n) is 7.12. The van der Waals surface area contributed by atoms with Crippen LogP contribution in [0.1, 0.15) is 27.7 Å². The summed E-state index contributed by atoms with van der Waals surface area (Å²) in [4.78, 5) is 32.4. The zero-order chi connectivity index (χ0) is 18.8. The maximum atomic E-state index is 12.8. The first kappa shape index (κ1) is 18.2. The van der Waals surface area contributed by atoms with Gasteiger partial charge in [-0.3, -0.25) is 14.5 Å². The van der Waals surface area contributed by atoms with E-state index in [9.17, 15) is 9.59 Å². The number of benzene rings is 1. The third-order valence-electron chi connectivity index (χ3n) is 5.53. The first-order valence-electron chi connectivity index (χ1n) is 9.63. The van der Waals surface area contributed by atoms with E-state index in [1.165, 1.54) is 16.9 Å². The summed E-state index contributed by atoms with van der Waals surface area (Å²) in [7, 11) is 0. The Bertz CT molecular complexity index is 839. The predicted octanol–water partition coefficient (Wildman–Crippen LogP) is 2.66. The van der Waals surface area contributed by atoms with Gasteiger partial charge in [-0.05, 0) is 41.5 Å². The number of aryl methyl sites for hydroxylation is 1. The average Bonchev–Trinajstić information content (AvgIpc) is 3.34. The number of thiophene rings is 1. The summed E-state index contributed by atoms with van der Waals surface area (Å²) in [5, 5.41) is 1.99. The number of hydrogen-bond acceptors (Lipinski definition) is 4. The first-order valence-corrected chi connectivity index (χ1v) is 10.5. The number of rotatable bonds is 4. The Hall–Kier alpha value is -2.18. The van der Waals surface area contributed by atoms with Gasteiger partial charge in [0.2, 0.25) is 5.91 Å². The van der Waals surface area contributed by atoms with Gasteiger partial charge in [0.15, 0.2) is 0 Å². The van der Waals surface area contributed by atoms with E-state index in [1.54, 1.807) is 0 Å². The highest BCUT2D eigenvalue weighted by molar-refractivity contribution is 7.12. The Morgan fingerprint density at radius 3 is 2.59 bits per heavy atom. The summed E-state index contributed by atoms with van der Waals surface area (Å²) in [6, 6.07) is 10.2. The quantitative estimate of drug-likeness (QED) is 0.815. The highest BCUT2D eigenvalue weighted by Crippen LogP contribution is 2.27. The molecule has 6 heteroatoms. The fourth-order valence-corrected chi connectivity index (χ4v) is 4.89. The van der Waals surface area contributed by atoms with Gasteiger partial charge in [-0.15, -0.1) is 11.3 Å². The van der Waals surface area contributed by atoms with Crippen molar-refractivity contribution in [2.24, 2.45) is 0 Å². The summed E-state index contributed by atoms with van der Waals surface area (Å²) in [6.07, 6.45) is 1.82. The molecule has 0 radical (unpaired) electrons. The minimum atomic E-state index is 0.140. The smallest absolute Gasteiger partial charge is 0.264 e. The van der Waals surface area contributed by atoms with Crippen LogP contribution in [0.3, 0.4) is 0 Å². The summed E-state index contributed by atoms with van der Waals surface area (Å²) in [5.41, 5.74) is 3.44. The third kappa shape index (κ3) is 3.64. The molecule has 0 saturated carbocycles. The van der Waals surface area contributed by atoms with Crippen LogP contribution in [0.5, 0.6) is 0 Å². The van der Waals surface area contributed by atoms with Gasteiger partial charge in [0, 0.05) is 38.4 Å². The van der Waals surface area contributed by atoms with Crippen molar-refractivity contribution < 1.29 is 9.59 Å². The van der Waals surface area contributed by atoms with Gasteiger partial charge in [-0.25, -0.2) is 0 Å². The lowest BCUT2D eigenvalue weighted by atomic mass is 10.2. The molecule has 2 aliphatic rings. The number of anilines is 1. The molecular formula is C21H25N3O2S. The van der Waals surface area contributed by atoms with E-state index in [-0.39, 0.29) is 11.8 Å². The van der Waals surface area contributed by atoms with Crippen LogP contribution in [0.15, 0.2) is 35.7 Å². The van der Waals surface area contributed by atoms with Crippen LogP contribution >= 0.6 is 11.3 Å². The molecule has 142 valence electrons. The van der Waals surface area contributed by atoms with Crippen molar-refractivity contribution in [3.8, 4) is 0 Å². The van der Waals surface area contributed by atoms with Crippen molar-refractivity contribution in [1.82, 2.24) is 9.80 Å². The fourth-order valence-electron chi connectivity index (χ4n) is 3.93. The molecule has 2 aliphatic heterocycles. The molecule has 5 nitrogen and oxygen atoms in total. The molecule has 0 bridgehead atoms. The molecule has 27 heavy (non-hydrogen) atoms. The summed E-state index contributed by atoms with van der Waals surface area (Å²) >= 11 is 1.53. The summed E-state index contributed by atoms with van der Waals surface area (Å²) < 4.78 is 0. The van der Waals surface area contributed by atoms with Crippen molar-refractivity contribution in [2.75, 3.05) is 44.2 Å². The van der Waals surface area contributed by atoms with Crippen LogP contribution in [0.2, 0.25) is 0 Å². The molecule has 1 aromatic heterocycles. The van der Waals surface area contributed by atoms with Crippen molar-refractivity contribution >= 4 is 28.8 Å². The van der Waals surface area contributed by atoms with Gasteiger partial charge in [0.25, 0.3) is 5.91 Å². The molecule has 2 aromatic rings. The second-order valence-corrected chi connectivity index (χ2v) is 8.04. The lowest BCUT2D eigenvalue weighted by Crippen LogP contribution is -2.51. The van der Waals surface area contributed by atoms with E-state index in [4.69, 9.17) is 0 Å². The van der Waals surface area contributed by atoms with Gasteiger partial charge in [0.1, 0.15) is 0 Å². The number of amides is 2. The van der Waals surface area contributed by atoms with E-state index >= 15 is 0 Å². The summed E-state index contributed by atoms with van der Waals surface area (Å²) in [6.45, 7) is 6.15. The minimum absolute atomic E-state index is 0.140. The fraction of sp³-hybridized carbons (Fsp3) is 0.429. The number of para-hydroxylation sites is 1.